The molecule has 1 aromatic carbocycles. The SMILES string of the molecule is CCCCCN(C(C)C)S(=O)(=O)c1ccc(N)c(OC)c1. The lowest BCUT2D eigenvalue weighted by molar-refractivity contribution is 0.345. The fraction of sp³-hybridized carbons (Fsp3) is 0.600. The van der Waals surface area contributed by atoms with Crippen molar-refractivity contribution in [3.63, 3.8) is 0 Å². The van der Waals surface area contributed by atoms with E-state index < -0.39 is 10.0 Å². The molecule has 0 aliphatic rings. The molecule has 0 fully saturated rings. The molecule has 0 saturated heterocycles. The van der Waals surface area contributed by atoms with Gasteiger partial charge in [-0.15, -0.1) is 0 Å². The minimum Gasteiger partial charge on any atom is -0.495 e. The minimum absolute atomic E-state index is 0.0876. The van der Waals surface area contributed by atoms with Gasteiger partial charge < -0.3 is 10.5 Å². The lowest BCUT2D eigenvalue weighted by atomic mass is 10.2. The molecule has 0 atom stereocenters. The molecule has 2 N–H and O–H groups in total. The molecule has 0 radical (unpaired) electrons. The number of nitrogen functional groups attached to an aromatic ring is 1. The van der Waals surface area contributed by atoms with Crippen molar-refractivity contribution in [3.8, 4) is 5.75 Å². The molecule has 0 heterocycles. The van der Waals surface area contributed by atoms with E-state index in [9.17, 15) is 8.42 Å². The maximum Gasteiger partial charge on any atom is 0.243 e. The van der Waals surface area contributed by atoms with Gasteiger partial charge in [0.25, 0.3) is 0 Å². The monoisotopic (exact) mass is 314 g/mol. The van der Waals surface area contributed by atoms with Crippen molar-refractivity contribution in [2.24, 2.45) is 0 Å². The fourth-order valence-electron chi connectivity index (χ4n) is 2.16. The van der Waals surface area contributed by atoms with Crippen LogP contribution < -0.4 is 10.5 Å². The van der Waals surface area contributed by atoms with Crippen LogP contribution in [0.3, 0.4) is 0 Å². The summed E-state index contributed by atoms with van der Waals surface area (Å²) < 4.78 is 32.2. The molecule has 0 bridgehead atoms. The number of hydrogen-bond donors (Lipinski definition) is 1. The Kier molecular flexibility index (Phi) is 6.48. The Balaban J connectivity index is 3.10. The first-order valence-corrected chi connectivity index (χ1v) is 8.74. The number of sulfonamides is 1. The molecular weight excluding hydrogens is 288 g/mol. The van der Waals surface area contributed by atoms with E-state index in [1.807, 2.05) is 13.8 Å². The van der Waals surface area contributed by atoms with Crippen molar-refractivity contribution in [1.29, 1.82) is 0 Å². The van der Waals surface area contributed by atoms with Gasteiger partial charge in [-0.3, -0.25) is 0 Å². The second kappa shape index (κ2) is 7.66. The zero-order valence-corrected chi connectivity index (χ0v) is 14.1. The number of rotatable bonds is 8. The fourth-order valence-corrected chi connectivity index (χ4v) is 3.85. The van der Waals surface area contributed by atoms with E-state index in [4.69, 9.17) is 10.5 Å². The van der Waals surface area contributed by atoms with Crippen molar-refractivity contribution in [1.82, 2.24) is 4.31 Å². The molecule has 6 heteroatoms. The third-order valence-corrected chi connectivity index (χ3v) is 5.44. The largest absolute Gasteiger partial charge is 0.495 e. The maximum absolute atomic E-state index is 12.8. The van der Waals surface area contributed by atoms with Gasteiger partial charge in [0, 0.05) is 18.7 Å². The van der Waals surface area contributed by atoms with Gasteiger partial charge >= 0.3 is 0 Å². The van der Waals surface area contributed by atoms with Crippen LogP contribution in [0.4, 0.5) is 5.69 Å². The number of benzene rings is 1. The Morgan fingerprint density at radius 1 is 1.29 bits per heavy atom. The third kappa shape index (κ3) is 4.35. The highest BCUT2D eigenvalue weighted by Gasteiger charge is 2.27. The summed E-state index contributed by atoms with van der Waals surface area (Å²) in [6, 6.07) is 4.49. The molecule has 0 spiro atoms. The average molecular weight is 314 g/mol. The summed E-state index contributed by atoms with van der Waals surface area (Å²) >= 11 is 0. The zero-order chi connectivity index (χ0) is 16.0. The molecule has 0 aliphatic carbocycles. The summed E-state index contributed by atoms with van der Waals surface area (Å²) in [4.78, 5) is 0.221. The van der Waals surface area contributed by atoms with Crippen LogP contribution in [0.15, 0.2) is 23.1 Å². The number of nitrogens with two attached hydrogens (primary N) is 1. The predicted molar refractivity (Wildman–Crippen MR) is 86.0 cm³/mol. The summed E-state index contributed by atoms with van der Waals surface area (Å²) in [6.07, 6.45) is 2.94. The zero-order valence-electron chi connectivity index (χ0n) is 13.3. The average Bonchev–Trinajstić information content (AvgIpc) is 2.43. The van der Waals surface area contributed by atoms with E-state index in [0.717, 1.165) is 19.3 Å². The van der Waals surface area contributed by atoms with E-state index >= 15 is 0 Å². The van der Waals surface area contributed by atoms with Crippen LogP contribution in [0.5, 0.6) is 5.75 Å². The first-order valence-electron chi connectivity index (χ1n) is 7.30. The lowest BCUT2D eigenvalue weighted by Crippen LogP contribution is -2.37. The highest BCUT2D eigenvalue weighted by molar-refractivity contribution is 7.89. The molecule has 0 unspecified atom stereocenters. The first-order chi connectivity index (χ1) is 9.84. The summed E-state index contributed by atoms with van der Waals surface area (Å²) in [5.41, 5.74) is 6.17. The van der Waals surface area contributed by atoms with Gasteiger partial charge in [0.2, 0.25) is 10.0 Å². The Morgan fingerprint density at radius 3 is 2.48 bits per heavy atom. The Hall–Kier alpha value is -1.27. The number of methoxy groups -OCH3 is 1. The van der Waals surface area contributed by atoms with Gasteiger partial charge in [-0.05, 0) is 32.4 Å². The van der Waals surface area contributed by atoms with Crippen molar-refractivity contribution >= 4 is 15.7 Å². The van der Waals surface area contributed by atoms with Crippen molar-refractivity contribution in [2.75, 3.05) is 19.4 Å². The van der Waals surface area contributed by atoms with Gasteiger partial charge in [0.05, 0.1) is 17.7 Å². The predicted octanol–water partition coefficient (Wildman–Crippen LogP) is 2.87. The maximum atomic E-state index is 12.8. The molecule has 5 nitrogen and oxygen atoms in total. The van der Waals surface area contributed by atoms with Crippen molar-refractivity contribution in [3.05, 3.63) is 18.2 Å². The summed E-state index contributed by atoms with van der Waals surface area (Å²) in [5.74, 6) is 0.383. The first kappa shape index (κ1) is 17.8. The molecule has 120 valence electrons. The number of unbranched alkanes of at least 4 members (excludes halogenated alkanes) is 2. The summed E-state index contributed by atoms with van der Waals surface area (Å²) in [7, 11) is -2.06. The molecule has 21 heavy (non-hydrogen) atoms. The quantitative estimate of drug-likeness (QED) is 0.591. The molecular formula is C15H26N2O3S. The van der Waals surface area contributed by atoms with Crippen LogP contribution in [0.25, 0.3) is 0 Å². The van der Waals surface area contributed by atoms with E-state index in [2.05, 4.69) is 6.92 Å². The molecule has 0 amide bonds. The Labute approximate surface area is 128 Å². The van der Waals surface area contributed by atoms with Crippen LogP contribution in [-0.2, 0) is 10.0 Å². The molecule has 1 aromatic rings. The normalized spacial score (nSPS) is 12.1. The summed E-state index contributed by atoms with van der Waals surface area (Å²) in [6.45, 7) is 6.40. The lowest BCUT2D eigenvalue weighted by Gasteiger charge is -2.26. The number of anilines is 1. The van der Waals surface area contributed by atoms with E-state index in [0.29, 0.717) is 18.0 Å². The summed E-state index contributed by atoms with van der Waals surface area (Å²) in [5, 5.41) is 0. The minimum atomic E-state index is -3.53. The van der Waals surface area contributed by atoms with Crippen LogP contribution in [0.1, 0.15) is 40.0 Å². The highest BCUT2D eigenvalue weighted by Crippen LogP contribution is 2.27. The van der Waals surface area contributed by atoms with E-state index in [-0.39, 0.29) is 10.9 Å². The van der Waals surface area contributed by atoms with E-state index in [1.54, 1.807) is 6.07 Å². The Bertz CT molecular complexity index is 556. The smallest absolute Gasteiger partial charge is 0.243 e. The topological polar surface area (TPSA) is 72.6 Å². The van der Waals surface area contributed by atoms with Gasteiger partial charge in [-0.25, -0.2) is 8.42 Å². The third-order valence-electron chi connectivity index (χ3n) is 3.37. The molecule has 0 aliphatic heterocycles. The number of ether oxygens (including phenoxy) is 1. The Morgan fingerprint density at radius 2 is 1.95 bits per heavy atom. The molecule has 0 saturated carbocycles. The van der Waals surface area contributed by atoms with Crippen LogP contribution in [0.2, 0.25) is 0 Å². The van der Waals surface area contributed by atoms with Gasteiger partial charge in [-0.1, -0.05) is 19.8 Å². The number of hydrogen-bond acceptors (Lipinski definition) is 4. The second-order valence-corrected chi connectivity index (χ2v) is 7.21. The van der Waals surface area contributed by atoms with Gasteiger partial charge in [0.15, 0.2) is 0 Å². The standard InChI is InChI=1S/C15H26N2O3S/c1-5-6-7-10-17(12(2)3)21(18,19)13-8-9-14(16)15(11-13)20-4/h8-9,11-12H,5-7,10,16H2,1-4H3. The van der Waals surface area contributed by atoms with Crippen LogP contribution in [0, 0.1) is 0 Å². The second-order valence-electron chi connectivity index (χ2n) is 5.32. The molecule has 0 aromatic heterocycles. The van der Waals surface area contributed by atoms with Crippen LogP contribution in [-0.4, -0.2) is 32.4 Å². The van der Waals surface area contributed by atoms with E-state index in [1.165, 1.54) is 23.5 Å². The molecule has 1 rings (SSSR count). The number of nitrogens with zero attached hydrogens (tertiary/aromatic N) is 1. The van der Waals surface area contributed by atoms with Gasteiger partial charge in [-0.2, -0.15) is 4.31 Å². The highest BCUT2D eigenvalue weighted by atomic mass is 32.2. The van der Waals surface area contributed by atoms with Crippen molar-refractivity contribution < 1.29 is 13.2 Å². The van der Waals surface area contributed by atoms with Gasteiger partial charge in [0.1, 0.15) is 5.75 Å². The van der Waals surface area contributed by atoms with Crippen LogP contribution >= 0.6 is 0 Å². The van der Waals surface area contributed by atoms with Crippen molar-refractivity contribution in [2.45, 2.75) is 51.0 Å².